The lowest BCUT2D eigenvalue weighted by Crippen LogP contribution is -2.15. The lowest BCUT2D eigenvalue weighted by Gasteiger charge is -2.13. The Kier molecular flexibility index (Phi) is 3.07. The highest BCUT2D eigenvalue weighted by Crippen LogP contribution is 2.60. The van der Waals surface area contributed by atoms with Gasteiger partial charge in [-0.25, -0.2) is 0 Å². The maximum absolute atomic E-state index is 12.6. The van der Waals surface area contributed by atoms with Crippen LogP contribution < -0.4 is 5.32 Å². The van der Waals surface area contributed by atoms with Gasteiger partial charge in [0.2, 0.25) is 5.91 Å². The van der Waals surface area contributed by atoms with E-state index in [0.717, 1.165) is 23.0 Å². The van der Waals surface area contributed by atoms with Gasteiger partial charge in [0.25, 0.3) is 0 Å². The third-order valence-corrected chi connectivity index (χ3v) is 5.29. The summed E-state index contributed by atoms with van der Waals surface area (Å²) in [4.78, 5) is 16.6. The summed E-state index contributed by atoms with van der Waals surface area (Å²) in [5.74, 6) is 1.18. The smallest absolute Gasteiger partial charge is 0.228 e. The van der Waals surface area contributed by atoms with E-state index in [9.17, 15) is 4.79 Å². The second-order valence-corrected chi connectivity index (χ2v) is 6.65. The first-order valence-electron chi connectivity index (χ1n) is 7.24. The Hall–Kier alpha value is -1.68. The number of benzene rings is 1. The molecule has 0 radical (unpaired) electrons. The molecule has 1 aromatic heterocycles. The molecule has 2 aliphatic rings. The minimum atomic E-state index is 0.119. The molecule has 1 N–H and O–H groups in total. The number of carbonyl (C=O) groups excluding carboxylic acids is 1. The minimum absolute atomic E-state index is 0.119. The molecule has 1 amide bonds. The van der Waals surface area contributed by atoms with E-state index in [-0.39, 0.29) is 11.8 Å². The summed E-state index contributed by atoms with van der Waals surface area (Å²) in [7, 11) is 0. The molecule has 21 heavy (non-hydrogen) atoms. The fourth-order valence-electron chi connectivity index (χ4n) is 3.62. The van der Waals surface area contributed by atoms with Gasteiger partial charge < -0.3 is 5.32 Å². The van der Waals surface area contributed by atoms with Crippen LogP contribution in [0.5, 0.6) is 0 Å². The van der Waals surface area contributed by atoms with Gasteiger partial charge in [-0.15, -0.1) is 0 Å². The molecule has 3 unspecified atom stereocenters. The number of aromatic nitrogens is 1. The highest BCUT2D eigenvalue weighted by Gasteiger charge is 2.56. The van der Waals surface area contributed by atoms with Gasteiger partial charge in [-0.2, -0.15) is 0 Å². The van der Waals surface area contributed by atoms with Crippen LogP contribution in [0.2, 0.25) is 0 Å². The van der Waals surface area contributed by atoms with Crippen molar-refractivity contribution in [2.75, 3.05) is 5.32 Å². The molecule has 1 heterocycles. The van der Waals surface area contributed by atoms with Crippen molar-refractivity contribution in [3.8, 4) is 0 Å². The van der Waals surface area contributed by atoms with Crippen LogP contribution in [0.15, 0.2) is 47.2 Å². The first-order valence-corrected chi connectivity index (χ1v) is 8.03. The number of nitrogens with zero attached hydrogens (tertiary/aromatic N) is 1. The van der Waals surface area contributed by atoms with Crippen molar-refractivity contribution in [3.05, 3.63) is 58.3 Å². The van der Waals surface area contributed by atoms with Crippen LogP contribution in [-0.4, -0.2) is 10.9 Å². The Labute approximate surface area is 131 Å². The quantitative estimate of drug-likeness (QED) is 0.902. The maximum Gasteiger partial charge on any atom is 0.228 e. The molecule has 106 valence electrons. The molecular weight excluding hydrogens is 328 g/mol. The zero-order valence-corrected chi connectivity index (χ0v) is 13.0. The standard InChI is InChI=1S/C17H15BrN2O/c18-13-9-19-8-7-14(13)20-17(21)16-12-6-5-10-3-1-2-4-11(10)15(12)16/h1-4,7-9,12,15-16H,5-6H2,(H,19,20,21). The number of nitrogens with one attached hydrogen (secondary N) is 1. The first-order chi connectivity index (χ1) is 10.3. The Morgan fingerprint density at radius 3 is 3.00 bits per heavy atom. The summed E-state index contributed by atoms with van der Waals surface area (Å²) in [5.41, 5.74) is 3.59. The van der Waals surface area contributed by atoms with E-state index < -0.39 is 0 Å². The molecule has 2 aromatic rings. The van der Waals surface area contributed by atoms with Crippen molar-refractivity contribution in [2.24, 2.45) is 11.8 Å². The molecule has 4 heteroatoms. The molecular formula is C17H15BrN2O. The van der Waals surface area contributed by atoms with Gasteiger partial charge in [-0.3, -0.25) is 9.78 Å². The fourth-order valence-corrected chi connectivity index (χ4v) is 3.97. The van der Waals surface area contributed by atoms with Crippen LogP contribution >= 0.6 is 15.9 Å². The van der Waals surface area contributed by atoms with Crippen molar-refractivity contribution in [3.63, 3.8) is 0 Å². The van der Waals surface area contributed by atoms with Crippen molar-refractivity contribution in [1.29, 1.82) is 0 Å². The summed E-state index contributed by atoms with van der Waals surface area (Å²) >= 11 is 3.42. The van der Waals surface area contributed by atoms with Crippen molar-refractivity contribution < 1.29 is 4.79 Å². The van der Waals surface area contributed by atoms with Crippen molar-refractivity contribution in [1.82, 2.24) is 4.98 Å². The van der Waals surface area contributed by atoms with Crippen LogP contribution in [0.25, 0.3) is 0 Å². The lowest BCUT2D eigenvalue weighted by atomic mass is 9.92. The molecule has 0 saturated heterocycles. The van der Waals surface area contributed by atoms with Gasteiger partial charge in [0.1, 0.15) is 0 Å². The predicted octanol–water partition coefficient (Wildman–Crippen LogP) is 3.76. The fraction of sp³-hybridized carbons (Fsp3) is 0.294. The number of aryl methyl sites for hydroxylation is 1. The van der Waals surface area contributed by atoms with Gasteiger partial charge in [0.15, 0.2) is 0 Å². The van der Waals surface area contributed by atoms with Crippen molar-refractivity contribution in [2.45, 2.75) is 18.8 Å². The van der Waals surface area contributed by atoms with E-state index in [0.29, 0.717) is 11.8 Å². The number of fused-ring (bicyclic) bond motifs is 3. The number of amides is 1. The van der Waals surface area contributed by atoms with E-state index in [1.54, 1.807) is 12.4 Å². The summed E-state index contributed by atoms with van der Waals surface area (Å²) in [6.07, 6.45) is 5.61. The zero-order valence-electron chi connectivity index (χ0n) is 11.4. The SMILES string of the molecule is O=C(Nc1ccncc1Br)C1C2CCc3ccccc3C21. The molecule has 3 nitrogen and oxygen atoms in total. The Morgan fingerprint density at radius 2 is 2.14 bits per heavy atom. The van der Waals surface area contributed by atoms with E-state index in [1.165, 1.54) is 11.1 Å². The van der Waals surface area contributed by atoms with Crippen molar-refractivity contribution >= 4 is 27.5 Å². The Bertz CT molecular complexity index is 715. The molecule has 0 spiro atoms. The van der Waals surface area contributed by atoms with Crippen LogP contribution in [0.3, 0.4) is 0 Å². The number of hydrogen-bond donors (Lipinski definition) is 1. The van der Waals surface area contributed by atoms with Crippen LogP contribution in [0.4, 0.5) is 5.69 Å². The number of carbonyl (C=O) groups is 1. The van der Waals surface area contributed by atoms with Crippen LogP contribution in [0, 0.1) is 11.8 Å². The lowest BCUT2D eigenvalue weighted by molar-refractivity contribution is -0.117. The van der Waals surface area contributed by atoms with Gasteiger partial charge in [0, 0.05) is 18.3 Å². The molecule has 2 aliphatic carbocycles. The minimum Gasteiger partial charge on any atom is -0.325 e. The number of rotatable bonds is 2. The number of halogens is 1. The molecule has 4 rings (SSSR count). The third kappa shape index (κ3) is 2.18. The molecule has 3 atom stereocenters. The van der Waals surface area contributed by atoms with Crippen LogP contribution in [-0.2, 0) is 11.2 Å². The van der Waals surface area contributed by atoms with Gasteiger partial charge in [-0.05, 0) is 57.8 Å². The van der Waals surface area contributed by atoms with Gasteiger partial charge in [0.05, 0.1) is 10.2 Å². The average Bonchev–Trinajstić information content (AvgIpc) is 3.24. The molecule has 0 bridgehead atoms. The Morgan fingerprint density at radius 1 is 1.29 bits per heavy atom. The summed E-state index contributed by atoms with van der Waals surface area (Å²) in [5, 5.41) is 3.03. The third-order valence-electron chi connectivity index (χ3n) is 4.66. The summed E-state index contributed by atoms with van der Waals surface area (Å²) < 4.78 is 0.822. The predicted molar refractivity (Wildman–Crippen MR) is 85.1 cm³/mol. The summed E-state index contributed by atoms with van der Waals surface area (Å²) in [6.45, 7) is 0. The first kappa shape index (κ1) is 13.0. The highest BCUT2D eigenvalue weighted by molar-refractivity contribution is 9.10. The molecule has 1 fully saturated rings. The second-order valence-electron chi connectivity index (χ2n) is 5.80. The summed E-state index contributed by atoms with van der Waals surface area (Å²) in [6, 6.07) is 10.4. The molecule has 1 aromatic carbocycles. The normalized spacial score (nSPS) is 25.7. The second kappa shape index (κ2) is 4.95. The van der Waals surface area contributed by atoms with Crippen LogP contribution in [0.1, 0.15) is 23.5 Å². The van der Waals surface area contributed by atoms with E-state index in [2.05, 4.69) is 50.5 Å². The monoisotopic (exact) mass is 342 g/mol. The molecule has 1 saturated carbocycles. The largest absolute Gasteiger partial charge is 0.325 e. The number of anilines is 1. The Balaban J connectivity index is 1.55. The highest BCUT2D eigenvalue weighted by atomic mass is 79.9. The van der Waals surface area contributed by atoms with Gasteiger partial charge in [-0.1, -0.05) is 24.3 Å². The van der Waals surface area contributed by atoms with Gasteiger partial charge >= 0.3 is 0 Å². The number of pyridine rings is 1. The zero-order chi connectivity index (χ0) is 14.4. The van der Waals surface area contributed by atoms with E-state index in [4.69, 9.17) is 0 Å². The number of hydrogen-bond acceptors (Lipinski definition) is 2. The molecule has 0 aliphatic heterocycles. The maximum atomic E-state index is 12.6. The van der Waals surface area contributed by atoms with E-state index >= 15 is 0 Å². The average molecular weight is 343 g/mol. The topological polar surface area (TPSA) is 42.0 Å². The van der Waals surface area contributed by atoms with E-state index in [1.807, 2.05) is 6.07 Å².